The highest BCUT2D eigenvalue weighted by Gasteiger charge is 2.03. The Kier molecular flexibility index (Phi) is 7.53. The van der Waals surface area contributed by atoms with Crippen molar-refractivity contribution in [1.29, 1.82) is 0 Å². The molecule has 0 bridgehead atoms. The summed E-state index contributed by atoms with van der Waals surface area (Å²) in [6.07, 6.45) is 1.89. The van der Waals surface area contributed by atoms with Gasteiger partial charge in [-0.05, 0) is 23.6 Å². The van der Waals surface area contributed by atoms with Crippen LogP contribution in [0.15, 0.2) is 36.5 Å². The van der Waals surface area contributed by atoms with Crippen molar-refractivity contribution < 1.29 is 0 Å². The Balaban J connectivity index is 0. The summed E-state index contributed by atoms with van der Waals surface area (Å²) in [5, 5.41) is 1.28. The molecule has 0 spiro atoms. The van der Waals surface area contributed by atoms with Gasteiger partial charge in [0.05, 0.1) is 5.52 Å². The second kappa shape index (κ2) is 7.05. The maximum Gasteiger partial charge on any atom is 0.0704 e. The van der Waals surface area contributed by atoms with Gasteiger partial charge in [-0.25, -0.2) is 0 Å². The van der Waals surface area contributed by atoms with E-state index in [4.69, 9.17) is 0 Å². The largest absolute Gasteiger partial charge is 0.256 e. The lowest BCUT2D eigenvalue weighted by Crippen LogP contribution is -1.90. The lowest BCUT2D eigenvalue weighted by molar-refractivity contribution is 0.874. The van der Waals surface area contributed by atoms with Gasteiger partial charge in [0.25, 0.3) is 0 Å². The first-order chi connectivity index (χ1) is 6.29. The first-order valence-electron chi connectivity index (χ1n) is 4.62. The molecule has 1 aromatic heterocycles. The Morgan fingerprint density at radius 1 is 1.00 bits per heavy atom. The topological polar surface area (TPSA) is 12.9 Å². The van der Waals surface area contributed by atoms with Crippen LogP contribution in [-0.4, -0.2) is 13.4 Å². The van der Waals surface area contributed by atoms with Crippen molar-refractivity contribution in [2.75, 3.05) is 0 Å². The molecule has 2 heteroatoms. The quantitative estimate of drug-likeness (QED) is 0.646. The molecule has 2 rings (SSSR count). The van der Waals surface area contributed by atoms with E-state index < -0.39 is 0 Å². The molecule has 16 heavy (non-hydrogen) atoms. The number of para-hydroxylation sites is 1. The van der Waals surface area contributed by atoms with E-state index in [0.717, 1.165) is 5.52 Å². The van der Waals surface area contributed by atoms with Crippen molar-refractivity contribution in [2.45, 2.75) is 34.6 Å². The molecule has 0 aliphatic carbocycles. The first-order valence-corrected chi connectivity index (χ1v) is 4.62. The summed E-state index contributed by atoms with van der Waals surface area (Å²) < 4.78 is 0. The fourth-order valence-corrected chi connectivity index (χ4v) is 1.62. The number of hydrogen-bond donors (Lipinski definition) is 0. The van der Waals surface area contributed by atoms with Crippen LogP contribution < -0.4 is 0 Å². The van der Waals surface area contributed by atoms with Gasteiger partial charge in [-0.2, -0.15) is 0 Å². The van der Waals surface area contributed by atoms with Crippen LogP contribution in [0.25, 0.3) is 10.9 Å². The minimum atomic E-state index is 0. The number of nitrogens with zero attached hydrogens (tertiary/aromatic N) is 1. The number of aromatic nitrogens is 1. The molecule has 85 valence electrons. The highest BCUT2D eigenvalue weighted by molar-refractivity contribution is 5.82. The number of fused-ring (bicyclic) bond motifs is 1. The van der Waals surface area contributed by atoms with Gasteiger partial charge in [-0.1, -0.05) is 46.9 Å². The van der Waals surface area contributed by atoms with Crippen LogP contribution in [0, 0.1) is 0 Å². The molecule has 1 heterocycles. The standard InChI is InChI=1S/C12H13N.2CH4.B/c1-9(2)10-7-8-13-12-6-4-3-5-11(10)12;;;/h3-9H,1-2H3;2*1H4;. The minimum Gasteiger partial charge on any atom is -0.256 e. The maximum atomic E-state index is 4.32. The molecular weight excluding hydrogens is 193 g/mol. The molecule has 0 N–H and O–H groups in total. The zero-order chi connectivity index (χ0) is 9.26. The second-order valence-corrected chi connectivity index (χ2v) is 3.57. The fourth-order valence-electron chi connectivity index (χ4n) is 1.62. The average molecular weight is 214 g/mol. The first kappa shape index (κ1) is 17.1. The highest BCUT2D eigenvalue weighted by atomic mass is 14.6. The molecule has 0 aliphatic rings. The van der Waals surface area contributed by atoms with E-state index in [0.29, 0.717) is 5.92 Å². The molecule has 1 nitrogen and oxygen atoms in total. The van der Waals surface area contributed by atoms with Crippen molar-refractivity contribution in [3.8, 4) is 0 Å². The van der Waals surface area contributed by atoms with E-state index in [1.54, 1.807) is 0 Å². The van der Waals surface area contributed by atoms with Crippen molar-refractivity contribution >= 4 is 19.3 Å². The maximum absolute atomic E-state index is 4.32. The number of pyridine rings is 1. The van der Waals surface area contributed by atoms with E-state index in [2.05, 4.69) is 43.1 Å². The SMILES string of the molecule is C.C.CC(C)c1ccnc2ccccc12.[B]. The Bertz CT molecular complexity index is 419. The molecule has 0 amide bonds. The van der Waals surface area contributed by atoms with Crippen molar-refractivity contribution in [3.63, 3.8) is 0 Å². The van der Waals surface area contributed by atoms with Crippen LogP contribution in [0.5, 0.6) is 0 Å². The van der Waals surface area contributed by atoms with Gasteiger partial charge in [0.2, 0.25) is 0 Å². The summed E-state index contributed by atoms with van der Waals surface area (Å²) in [5.74, 6) is 0.563. The lowest BCUT2D eigenvalue weighted by atomic mass is 9.99. The Morgan fingerprint density at radius 2 is 1.62 bits per heavy atom. The monoisotopic (exact) mass is 214 g/mol. The summed E-state index contributed by atoms with van der Waals surface area (Å²) in [6, 6.07) is 10.4. The van der Waals surface area contributed by atoms with Gasteiger partial charge >= 0.3 is 0 Å². The molecule has 1 aromatic carbocycles. The lowest BCUT2D eigenvalue weighted by Gasteiger charge is -2.08. The van der Waals surface area contributed by atoms with Crippen LogP contribution in [-0.2, 0) is 0 Å². The van der Waals surface area contributed by atoms with E-state index in [1.807, 2.05) is 12.3 Å². The molecule has 3 radical (unpaired) electrons. The third kappa shape index (κ3) is 3.09. The summed E-state index contributed by atoms with van der Waals surface area (Å²) in [4.78, 5) is 4.32. The zero-order valence-electron chi connectivity index (χ0n) is 8.57. The number of benzene rings is 1. The minimum absolute atomic E-state index is 0. The van der Waals surface area contributed by atoms with Crippen molar-refractivity contribution in [3.05, 3.63) is 42.1 Å². The van der Waals surface area contributed by atoms with Gasteiger partial charge in [0.1, 0.15) is 0 Å². The summed E-state index contributed by atoms with van der Waals surface area (Å²) in [5.41, 5.74) is 2.47. The van der Waals surface area contributed by atoms with Crippen molar-refractivity contribution in [2.24, 2.45) is 0 Å². The predicted octanol–water partition coefficient (Wildman–Crippen LogP) is 4.25. The van der Waals surface area contributed by atoms with E-state index in [1.165, 1.54) is 10.9 Å². The van der Waals surface area contributed by atoms with Crippen molar-refractivity contribution in [1.82, 2.24) is 4.98 Å². The second-order valence-electron chi connectivity index (χ2n) is 3.57. The Labute approximate surface area is 101 Å². The van der Waals surface area contributed by atoms with E-state index in [-0.39, 0.29) is 23.3 Å². The van der Waals surface area contributed by atoms with Crippen LogP contribution in [0.3, 0.4) is 0 Å². The molecule has 0 saturated carbocycles. The van der Waals surface area contributed by atoms with Gasteiger partial charge in [0, 0.05) is 20.0 Å². The molecule has 0 saturated heterocycles. The molecule has 0 aliphatic heterocycles. The third-order valence-electron chi connectivity index (χ3n) is 2.30. The van der Waals surface area contributed by atoms with E-state index >= 15 is 0 Å². The molecule has 2 aromatic rings. The van der Waals surface area contributed by atoms with Crippen LogP contribution in [0.2, 0.25) is 0 Å². The molecule has 0 fully saturated rings. The summed E-state index contributed by atoms with van der Waals surface area (Å²) in [6.45, 7) is 4.42. The van der Waals surface area contributed by atoms with Gasteiger partial charge in [-0.15, -0.1) is 0 Å². The zero-order valence-corrected chi connectivity index (χ0v) is 8.57. The molecule has 0 atom stereocenters. The van der Waals surface area contributed by atoms with Gasteiger partial charge < -0.3 is 0 Å². The van der Waals surface area contributed by atoms with Gasteiger partial charge in [0.15, 0.2) is 0 Å². The Morgan fingerprint density at radius 3 is 2.25 bits per heavy atom. The average Bonchev–Trinajstić information content (AvgIpc) is 2.17. The smallest absolute Gasteiger partial charge is 0.0704 e. The normalized spacial score (nSPS) is 8.94. The third-order valence-corrected chi connectivity index (χ3v) is 2.30. The Hall–Kier alpha value is -1.31. The summed E-state index contributed by atoms with van der Waals surface area (Å²) in [7, 11) is 0. The molecule has 0 unspecified atom stereocenters. The van der Waals surface area contributed by atoms with Crippen LogP contribution in [0.1, 0.15) is 40.2 Å². The number of rotatable bonds is 1. The molecular formula is C14H21BN. The fraction of sp³-hybridized carbons (Fsp3) is 0.357. The van der Waals surface area contributed by atoms with E-state index in [9.17, 15) is 0 Å². The van der Waals surface area contributed by atoms with Gasteiger partial charge in [-0.3, -0.25) is 4.98 Å². The summed E-state index contributed by atoms with van der Waals surface area (Å²) >= 11 is 0. The number of hydrogen-bond acceptors (Lipinski definition) is 1. The van der Waals surface area contributed by atoms with Crippen LogP contribution >= 0.6 is 0 Å². The van der Waals surface area contributed by atoms with Crippen LogP contribution in [0.4, 0.5) is 0 Å². The predicted molar refractivity (Wildman–Crippen MR) is 75.0 cm³/mol. The highest BCUT2D eigenvalue weighted by Crippen LogP contribution is 2.22.